The molecule has 112 valence electrons. The van der Waals surface area contributed by atoms with Gasteiger partial charge in [-0.3, -0.25) is 4.79 Å². The summed E-state index contributed by atoms with van der Waals surface area (Å²) in [6, 6.07) is 1.58. The lowest BCUT2D eigenvalue weighted by Gasteiger charge is -2.10. The Labute approximate surface area is 116 Å². The fourth-order valence-corrected chi connectivity index (χ4v) is 4.16. The number of ketones is 1. The van der Waals surface area contributed by atoms with Crippen molar-refractivity contribution in [3.8, 4) is 0 Å². The number of Topliss-reactive ketones (excluding diaryl/α,β-unsaturated/α-hetero) is 1. The average molecular weight is 323 g/mol. The van der Waals surface area contributed by atoms with Gasteiger partial charge in [-0.05, 0) is 18.7 Å². The zero-order chi connectivity index (χ0) is 15.7. The van der Waals surface area contributed by atoms with Gasteiger partial charge in [-0.2, -0.15) is 0 Å². The molecule has 1 aromatic carbocycles. The number of hydrogen-bond acceptors (Lipinski definition) is 6. The molecule has 0 saturated heterocycles. The Balaban J connectivity index is 3.72. The molecule has 6 nitrogen and oxygen atoms in total. The third-order valence-corrected chi connectivity index (χ3v) is 4.88. The lowest BCUT2D eigenvalue weighted by molar-refractivity contribution is 0.0984. The van der Waals surface area contributed by atoms with Gasteiger partial charge < -0.3 is 5.73 Å². The first-order valence-electron chi connectivity index (χ1n) is 5.45. The lowest BCUT2D eigenvalue weighted by atomic mass is 10.1. The van der Waals surface area contributed by atoms with Crippen molar-refractivity contribution in [3.63, 3.8) is 0 Å². The van der Waals surface area contributed by atoms with Gasteiger partial charge in [0.05, 0.1) is 4.90 Å². The fourth-order valence-electron chi connectivity index (χ4n) is 1.64. The van der Waals surface area contributed by atoms with Crippen molar-refractivity contribution in [3.05, 3.63) is 23.5 Å². The molecule has 0 aliphatic heterocycles. The number of carbonyl (C=O) groups excluding carboxylic acids is 1. The monoisotopic (exact) mass is 323 g/mol. The Bertz CT molecular complexity index is 753. The van der Waals surface area contributed by atoms with Gasteiger partial charge in [0.1, 0.15) is 10.7 Å². The molecule has 0 saturated carbocycles. The van der Waals surface area contributed by atoms with Gasteiger partial charge >= 0.3 is 0 Å². The molecule has 0 radical (unpaired) electrons. The van der Waals surface area contributed by atoms with Crippen LogP contribution in [0.2, 0.25) is 0 Å². The van der Waals surface area contributed by atoms with Crippen LogP contribution in [-0.2, 0) is 19.7 Å². The third-order valence-electron chi connectivity index (χ3n) is 2.47. The van der Waals surface area contributed by atoms with Gasteiger partial charge in [0.25, 0.3) is 0 Å². The molecule has 0 heterocycles. The van der Waals surface area contributed by atoms with Gasteiger partial charge in [0.2, 0.25) is 0 Å². The van der Waals surface area contributed by atoms with Crippen molar-refractivity contribution in [2.75, 3.05) is 19.1 Å². The molecule has 0 bridgehead atoms. The molecule has 1 rings (SSSR count). The second kappa shape index (κ2) is 5.58. The number of halogens is 1. The summed E-state index contributed by atoms with van der Waals surface area (Å²) in [4.78, 5) is 10.00. The van der Waals surface area contributed by atoms with Crippen molar-refractivity contribution in [1.29, 1.82) is 0 Å². The molecular weight excluding hydrogens is 309 g/mol. The molecule has 9 heteroatoms. The maximum Gasteiger partial charge on any atom is 0.179 e. The van der Waals surface area contributed by atoms with Crippen molar-refractivity contribution in [2.24, 2.45) is 5.73 Å². The minimum Gasteiger partial charge on any atom is -0.330 e. The maximum absolute atomic E-state index is 13.9. The van der Waals surface area contributed by atoms with Gasteiger partial charge in [-0.1, -0.05) is 0 Å². The molecule has 2 N–H and O–H groups in total. The predicted octanol–water partition coefficient (Wildman–Crippen LogP) is 0.164. The Hall–Kier alpha value is -1.32. The van der Waals surface area contributed by atoms with E-state index in [2.05, 4.69) is 0 Å². The second-order valence-electron chi connectivity index (χ2n) is 4.29. The molecule has 0 unspecified atom stereocenters. The highest BCUT2D eigenvalue weighted by molar-refractivity contribution is 7.93. The first kappa shape index (κ1) is 16.7. The van der Waals surface area contributed by atoms with E-state index in [1.165, 1.54) is 0 Å². The number of sulfone groups is 2. The zero-order valence-corrected chi connectivity index (χ0v) is 12.5. The van der Waals surface area contributed by atoms with Gasteiger partial charge in [-0.25, -0.2) is 21.2 Å². The van der Waals surface area contributed by atoms with Gasteiger partial charge in [0.15, 0.2) is 25.5 Å². The van der Waals surface area contributed by atoms with E-state index in [4.69, 9.17) is 5.73 Å². The topological polar surface area (TPSA) is 111 Å². The Morgan fingerprint density at radius 2 is 1.70 bits per heavy atom. The fraction of sp³-hybridized carbons (Fsp3) is 0.364. The normalized spacial score (nSPS) is 12.4. The van der Waals surface area contributed by atoms with Crippen LogP contribution >= 0.6 is 0 Å². The molecule has 0 aromatic heterocycles. The number of carbonyl (C=O) groups is 1. The van der Waals surface area contributed by atoms with Crippen LogP contribution in [0, 0.1) is 5.82 Å². The minimum absolute atomic E-state index is 0.0164. The lowest BCUT2D eigenvalue weighted by Crippen LogP contribution is -2.14. The van der Waals surface area contributed by atoms with Crippen LogP contribution in [0.15, 0.2) is 21.9 Å². The summed E-state index contributed by atoms with van der Waals surface area (Å²) in [6.45, 7) is 0.0164. The predicted molar refractivity (Wildman–Crippen MR) is 70.6 cm³/mol. The van der Waals surface area contributed by atoms with Gasteiger partial charge in [0, 0.05) is 24.5 Å². The third kappa shape index (κ3) is 3.62. The minimum atomic E-state index is -4.09. The van der Waals surface area contributed by atoms with E-state index in [1.807, 2.05) is 0 Å². The molecule has 0 aliphatic carbocycles. The molecule has 20 heavy (non-hydrogen) atoms. The molecule has 1 aromatic rings. The molecular formula is C11H14FNO5S2. The molecule has 0 spiro atoms. The first-order valence-corrected chi connectivity index (χ1v) is 9.23. The number of nitrogens with two attached hydrogens (primary N) is 1. The Kier molecular flexibility index (Phi) is 4.67. The molecule has 0 fully saturated rings. The summed E-state index contributed by atoms with van der Waals surface area (Å²) in [5.41, 5.74) is 4.98. The van der Waals surface area contributed by atoms with Crippen LogP contribution in [0.5, 0.6) is 0 Å². The van der Waals surface area contributed by atoms with Crippen LogP contribution in [0.1, 0.15) is 16.8 Å². The molecule has 0 aliphatic rings. The molecule has 0 atom stereocenters. The van der Waals surface area contributed by atoms with E-state index >= 15 is 0 Å². The highest BCUT2D eigenvalue weighted by Crippen LogP contribution is 2.26. The summed E-state index contributed by atoms with van der Waals surface area (Å²) < 4.78 is 60.2. The van der Waals surface area contributed by atoms with Crippen LogP contribution in [0.3, 0.4) is 0 Å². The average Bonchev–Trinajstić information content (AvgIpc) is 2.25. The summed E-state index contributed by atoms with van der Waals surface area (Å²) >= 11 is 0. The van der Waals surface area contributed by atoms with E-state index in [1.54, 1.807) is 0 Å². The number of benzene rings is 1. The number of rotatable bonds is 5. The van der Waals surface area contributed by atoms with E-state index in [0.29, 0.717) is 12.3 Å². The molecule has 0 amide bonds. The van der Waals surface area contributed by atoms with Crippen LogP contribution in [-0.4, -0.2) is 41.7 Å². The number of hydrogen-bond donors (Lipinski definition) is 1. The van der Waals surface area contributed by atoms with Crippen LogP contribution in [0.25, 0.3) is 0 Å². The summed E-state index contributed by atoms with van der Waals surface area (Å²) in [5.74, 6) is -1.83. The zero-order valence-electron chi connectivity index (χ0n) is 10.9. The largest absolute Gasteiger partial charge is 0.330 e. The van der Waals surface area contributed by atoms with E-state index in [0.717, 1.165) is 12.3 Å². The quantitative estimate of drug-likeness (QED) is 0.773. The van der Waals surface area contributed by atoms with Crippen molar-refractivity contribution < 1.29 is 26.0 Å². The van der Waals surface area contributed by atoms with Crippen LogP contribution < -0.4 is 5.73 Å². The highest BCUT2D eigenvalue weighted by Gasteiger charge is 2.27. The Morgan fingerprint density at radius 1 is 1.15 bits per heavy atom. The van der Waals surface area contributed by atoms with E-state index in [9.17, 15) is 26.0 Å². The second-order valence-corrected chi connectivity index (χ2v) is 8.23. The highest BCUT2D eigenvalue weighted by atomic mass is 32.2. The van der Waals surface area contributed by atoms with Crippen molar-refractivity contribution >= 4 is 25.5 Å². The first-order chi connectivity index (χ1) is 8.98. The SMILES string of the molecule is CS(=O)(=O)c1cc(C(=O)CCN)cc(F)c1S(C)(=O)=O. The smallest absolute Gasteiger partial charge is 0.179 e. The van der Waals surface area contributed by atoms with E-state index in [-0.39, 0.29) is 18.5 Å². The van der Waals surface area contributed by atoms with Gasteiger partial charge in [-0.15, -0.1) is 0 Å². The standard InChI is InChI=1S/C11H14FNO5S2/c1-19(15,16)10-6-7(9(14)3-4-13)5-8(12)11(10)20(2,17)18/h5-6H,3-4,13H2,1-2H3. The summed E-state index contributed by atoms with van der Waals surface area (Å²) in [6.07, 6.45) is 1.34. The Morgan fingerprint density at radius 3 is 2.10 bits per heavy atom. The van der Waals surface area contributed by atoms with Crippen molar-refractivity contribution in [2.45, 2.75) is 16.2 Å². The van der Waals surface area contributed by atoms with E-state index < -0.39 is 41.1 Å². The summed E-state index contributed by atoms with van der Waals surface area (Å²) in [5, 5.41) is 0. The maximum atomic E-state index is 13.9. The van der Waals surface area contributed by atoms with Crippen LogP contribution in [0.4, 0.5) is 4.39 Å². The summed E-state index contributed by atoms with van der Waals surface area (Å²) in [7, 11) is -8.10. The van der Waals surface area contributed by atoms with Crippen molar-refractivity contribution in [1.82, 2.24) is 0 Å².